The Bertz CT molecular complexity index is 1250. The molecule has 0 amide bonds. The van der Waals surface area contributed by atoms with Crippen LogP contribution in [0.25, 0.3) is 11.0 Å². The smallest absolute Gasteiger partial charge is 0.336 e. The van der Waals surface area contributed by atoms with Crippen molar-refractivity contribution in [3.05, 3.63) is 68.0 Å². The summed E-state index contributed by atoms with van der Waals surface area (Å²) in [5.41, 5.74) is 1.92. The fourth-order valence-electron chi connectivity index (χ4n) is 4.39. The second-order valence-corrected chi connectivity index (χ2v) is 9.36. The molecular weight excluding hydrogens is 475 g/mol. The maximum atomic E-state index is 12.3. The van der Waals surface area contributed by atoms with Gasteiger partial charge < -0.3 is 14.1 Å². The van der Waals surface area contributed by atoms with Crippen molar-refractivity contribution in [2.24, 2.45) is 0 Å². The van der Waals surface area contributed by atoms with Crippen molar-refractivity contribution in [2.45, 2.75) is 26.7 Å². The number of aryl methyl sites for hydroxylation is 1. The molecule has 3 aromatic rings. The monoisotopic (exact) mass is 502 g/mol. The number of halogens is 2. The quantitative estimate of drug-likeness (QED) is 0.227. The lowest BCUT2D eigenvalue weighted by Crippen LogP contribution is -2.46. The van der Waals surface area contributed by atoms with E-state index in [1.165, 1.54) is 13.0 Å². The summed E-state index contributed by atoms with van der Waals surface area (Å²) < 4.78 is 11.3. The van der Waals surface area contributed by atoms with Crippen molar-refractivity contribution in [3.63, 3.8) is 0 Å². The van der Waals surface area contributed by atoms with Crippen LogP contribution in [0.5, 0.6) is 5.75 Å². The van der Waals surface area contributed by atoms with Crippen molar-refractivity contribution < 1.29 is 13.9 Å². The highest BCUT2D eigenvalue weighted by Gasteiger charge is 2.20. The standard InChI is InChI=1S/C26H28Cl2N2O4/c1-17-16-23(32)34-26-19(17)8-9-22(24(26)18(2)31)33-15-4-3-10-29-11-13-30(14-12-29)21-7-5-6-20(27)25(21)28/h5-9,16H,3-4,10-15H2,1-2H3. The fraction of sp³-hybridized carbons (Fsp3) is 0.385. The van der Waals surface area contributed by atoms with Crippen molar-refractivity contribution in [3.8, 4) is 5.75 Å². The molecule has 0 spiro atoms. The van der Waals surface area contributed by atoms with Crippen LogP contribution in [-0.4, -0.2) is 50.0 Å². The molecule has 34 heavy (non-hydrogen) atoms. The summed E-state index contributed by atoms with van der Waals surface area (Å²) in [6, 6.07) is 10.8. The van der Waals surface area contributed by atoms with E-state index in [4.69, 9.17) is 32.4 Å². The average molecular weight is 503 g/mol. The summed E-state index contributed by atoms with van der Waals surface area (Å²) in [4.78, 5) is 28.8. The highest BCUT2D eigenvalue weighted by Crippen LogP contribution is 2.33. The Morgan fingerprint density at radius 2 is 1.85 bits per heavy atom. The van der Waals surface area contributed by atoms with E-state index in [1.54, 1.807) is 12.1 Å². The molecule has 0 N–H and O–H groups in total. The molecule has 1 aliphatic heterocycles. The van der Waals surface area contributed by atoms with E-state index in [-0.39, 0.29) is 5.78 Å². The Hall–Kier alpha value is -2.54. The van der Waals surface area contributed by atoms with Gasteiger partial charge in [0.25, 0.3) is 0 Å². The molecule has 180 valence electrons. The van der Waals surface area contributed by atoms with Crippen LogP contribution in [0.3, 0.4) is 0 Å². The van der Waals surface area contributed by atoms with Gasteiger partial charge in [-0.1, -0.05) is 29.3 Å². The minimum absolute atomic E-state index is 0.188. The summed E-state index contributed by atoms with van der Waals surface area (Å²) in [7, 11) is 0. The largest absolute Gasteiger partial charge is 0.493 e. The molecule has 2 aromatic carbocycles. The number of anilines is 1. The zero-order valence-corrected chi connectivity index (χ0v) is 20.9. The number of carbonyl (C=O) groups excluding carboxylic acids is 1. The van der Waals surface area contributed by atoms with Gasteiger partial charge in [0.2, 0.25) is 0 Å². The van der Waals surface area contributed by atoms with Crippen LogP contribution in [0.2, 0.25) is 10.0 Å². The number of unbranched alkanes of at least 4 members (excludes halogenated alkanes) is 1. The molecule has 0 unspecified atom stereocenters. The Morgan fingerprint density at radius 3 is 2.59 bits per heavy atom. The zero-order valence-electron chi connectivity index (χ0n) is 19.4. The number of nitrogens with zero attached hydrogens (tertiary/aromatic N) is 2. The van der Waals surface area contributed by atoms with E-state index in [0.29, 0.717) is 33.5 Å². The van der Waals surface area contributed by atoms with Crippen molar-refractivity contribution in [1.29, 1.82) is 0 Å². The molecule has 0 atom stereocenters. The molecule has 0 saturated carbocycles. The molecule has 4 rings (SSSR count). The number of hydrogen-bond donors (Lipinski definition) is 0. The summed E-state index contributed by atoms with van der Waals surface area (Å²) in [6.07, 6.45) is 1.84. The first kappa shape index (κ1) is 24.6. The van der Waals surface area contributed by atoms with E-state index in [1.807, 2.05) is 25.1 Å². The van der Waals surface area contributed by atoms with Gasteiger partial charge in [0, 0.05) is 37.6 Å². The molecule has 1 saturated heterocycles. The molecule has 1 aromatic heterocycles. The fourth-order valence-corrected chi connectivity index (χ4v) is 4.80. The normalized spacial score (nSPS) is 14.5. The predicted molar refractivity (Wildman–Crippen MR) is 137 cm³/mol. The topological polar surface area (TPSA) is 63.0 Å². The van der Waals surface area contributed by atoms with Crippen LogP contribution in [0.1, 0.15) is 35.7 Å². The third kappa shape index (κ3) is 5.40. The maximum absolute atomic E-state index is 12.3. The molecule has 0 bridgehead atoms. The Morgan fingerprint density at radius 1 is 1.09 bits per heavy atom. The second-order valence-electron chi connectivity index (χ2n) is 8.58. The van der Waals surface area contributed by atoms with Gasteiger partial charge in [0.15, 0.2) is 11.4 Å². The highest BCUT2D eigenvalue weighted by molar-refractivity contribution is 6.43. The molecule has 0 radical (unpaired) electrons. The van der Waals surface area contributed by atoms with Crippen LogP contribution in [0.15, 0.2) is 45.6 Å². The number of piperazine rings is 1. The molecular formula is C26H28Cl2N2O4. The third-order valence-electron chi connectivity index (χ3n) is 6.20. The minimum Gasteiger partial charge on any atom is -0.493 e. The van der Waals surface area contributed by atoms with Gasteiger partial charge >= 0.3 is 5.63 Å². The van der Waals surface area contributed by atoms with Gasteiger partial charge in [-0.15, -0.1) is 0 Å². The van der Waals surface area contributed by atoms with Crippen molar-refractivity contribution in [2.75, 3.05) is 44.2 Å². The number of fused-ring (bicyclic) bond motifs is 1. The zero-order chi connectivity index (χ0) is 24.2. The number of benzene rings is 2. The predicted octanol–water partition coefficient (Wildman–Crippen LogP) is 5.59. The first-order valence-corrected chi connectivity index (χ1v) is 12.2. The van der Waals surface area contributed by atoms with Crippen LogP contribution in [0.4, 0.5) is 5.69 Å². The van der Waals surface area contributed by atoms with E-state index < -0.39 is 5.63 Å². The molecule has 0 aliphatic carbocycles. The molecule has 8 heteroatoms. The molecule has 1 aliphatic rings. The third-order valence-corrected chi connectivity index (χ3v) is 7.01. The average Bonchev–Trinajstić information content (AvgIpc) is 2.80. The lowest BCUT2D eigenvalue weighted by Gasteiger charge is -2.36. The van der Waals surface area contributed by atoms with Gasteiger partial charge in [0.1, 0.15) is 11.3 Å². The van der Waals surface area contributed by atoms with Crippen LogP contribution in [0, 0.1) is 6.92 Å². The first-order chi connectivity index (χ1) is 16.3. The lowest BCUT2D eigenvalue weighted by molar-refractivity contribution is 0.101. The Labute approximate surface area is 209 Å². The van der Waals surface area contributed by atoms with Gasteiger partial charge in [-0.2, -0.15) is 0 Å². The Balaban J connectivity index is 1.28. The summed E-state index contributed by atoms with van der Waals surface area (Å²) in [5, 5.41) is 1.94. The number of ether oxygens (including phenoxy) is 1. The number of rotatable bonds is 8. The van der Waals surface area contributed by atoms with Crippen LogP contribution in [-0.2, 0) is 0 Å². The molecule has 6 nitrogen and oxygen atoms in total. The van der Waals surface area contributed by atoms with Crippen LogP contribution < -0.4 is 15.3 Å². The number of ketones is 1. The highest BCUT2D eigenvalue weighted by atomic mass is 35.5. The summed E-state index contributed by atoms with van der Waals surface area (Å²) in [5.74, 6) is 0.271. The van der Waals surface area contributed by atoms with Gasteiger partial charge in [-0.25, -0.2) is 4.79 Å². The summed E-state index contributed by atoms with van der Waals surface area (Å²) >= 11 is 12.5. The van der Waals surface area contributed by atoms with E-state index in [9.17, 15) is 9.59 Å². The lowest BCUT2D eigenvalue weighted by atomic mass is 10.0. The van der Waals surface area contributed by atoms with Gasteiger partial charge in [0.05, 0.1) is 22.3 Å². The van der Waals surface area contributed by atoms with Gasteiger partial charge in [-0.05, 0) is 63.1 Å². The van der Waals surface area contributed by atoms with Crippen LogP contribution >= 0.6 is 23.2 Å². The molecule has 1 fully saturated rings. The minimum atomic E-state index is -0.470. The van der Waals surface area contributed by atoms with E-state index >= 15 is 0 Å². The van der Waals surface area contributed by atoms with Crippen molar-refractivity contribution in [1.82, 2.24) is 4.90 Å². The second kappa shape index (κ2) is 10.8. The van der Waals surface area contributed by atoms with E-state index in [2.05, 4.69) is 9.80 Å². The Kier molecular flexibility index (Phi) is 7.81. The number of carbonyl (C=O) groups is 1. The number of Topliss-reactive ketones (excluding diaryl/α,β-unsaturated/α-hetero) is 1. The SMILES string of the molecule is CC(=O)c1c(OCCCCN2CCN(c3cccc(Cl)c3Cl)CC2)ccc2c(C)cc(=O)oc12. The number of hydrogen-bond acceptors (Lipinski definition) is 6. The summed E-state index contributed by atoms with van der Waals surface area (Å²) in [6.45, 7) is 8.47. The van der Waals surface area contributed by atoms with Gasteiger partial charge in [-0.3, -0.25) is 9.69 Å². The van der Waals surface area contributed by atoms with E-state index in [0.717, 1.165) is 62.2 Å². The maximum Gasteiger partial charge on any atom is 0.336 e. The molecule has 2 heterocycles. The van der Waals surface area contributed by atoms with Crippen molar-refractivity contribution >= 4 is 45.6 Å². The first-order valence-electron chi connectivity index (χ1n) is 11.5.